The standard InChI is InChI=1S/C18H33ClN2O5S.C14H9Cl2F3N2O/c1-5-6-10-7-11(21(3)8-10)17(25)20-12(9(2)19)16-14(23)13(22)15(24)18(26-16)27-4;15-8-1-3-9(4-2-8)20-13(22)21-10-5-6-12(16)11(7-10)14(17,18)19/h9-16,18,22-24H,5-8H2,1-4H3,(H,20,25);1-7H,(H2,20,21,22)/t9-,10+,11-,12+,13-,14+,15+,16+,18+;/m0./s1. The predicted octanol–water partition coefficient (Wildman–Crippen LogP) is 6.05. The number of carbonyl (C=O) groups excluding carboxylic acids is 2. The van der Waals surface area contributed by atoms with Gasteiger partial charge >= 0.3 is 12.2 Å². The third-order valence-corrected chi connectivity index (χ3v) is 9.97. The number of nitrogens with one attached hydrogen (secondary N) is 3. The van der Waals surface area contributed by atoms with Gasteiger partial charge in [0.05, 0.1) is 28.0 Å². The van der Waals surface area contributed by atoms with Gasteiger partial charge in [0.15, 0.2) is 0 Å². The molecule has 0 radical (unpaired) electrons. The number of nitrogens with zero attached hydrogens (tertiary/aromatic N) is 1. The summed E-state index contributed by atoms with van der Waals surface area (Å²) in [6.45, 7) is 4.74. The summed E-state index contributed by atoms with van der Waals surface area (Å²) in [6, 6.07) is 7.76. The quantitative estimate of drug-likeness (QED) is 0.169. The minimum absolute atomic E-state index is 0.0248. The Hall–Kier alpha value is -2.01. The second-order valence-corrected chi connectivity index (χ2v) is 14.5. The number of benzene rings is 2. The Labute approximate surface area is 303 Å². The lowest BCUT2D eigenvalue weighted by Crippen LogP contribution is -2.65. The molecule has 2 heterocycles. The molecule has 2 aromatic carbocycles. The normalized spacial score (nSPS) is 27.0. The van der Waals surface area contributed by atoms with Gasteiger partial charge in [-0.1, -0.05) is 36.5 Å². The Morgan fingerprint density at radius 1 is 1.04 bits per heavy atom. The summed E-state index contributed by atoms with van der Waals surface area (Å²) in [6.07, 6.45) is -4.69. The van der Waals surface area contributed by atoms with E-state index in [9.17, 15) is 38.1 Å². The number of aliphatic hydroxyl groups excluding tert-OH is 3. The lowest BCUT2D eigenvalue weighted by atomic mass is 9.92. The maximum atomic E-state index is 12.9. The van der Waals surface area contributed by atoms with E-state index >= 15 is 0 Å². The second-order valence-electron chi connectivity index (χ2n) is 12.0. The number of amides is 3. The average Bonchev–Trinajstić information content (AvgIpc) is 3.40. The number of ether oxygens (including phenoxy) is 1. The molecule has 0 aliphatic carbocycles. The first kappa shape index (κ1) is 41.4. The van der Waals surface area contributed by atoms with Gasteiger partial charge in [0.1, 0.15) is 29.9 Å². The highest BCUT2D eigenvalue weighted by atomic mass is 35.5. The van der Waals surface area contributed by atoms with E-state index in [-0.39, 0.29) is 17.6 Å². The van der Waals surface area contributed by atoms with Crippen molar-refractivity contribution in [1.82, 2.24) is 10.2 Å². The van der Waals surface area contributed by atoms with Crippen molar-refractivity contribution in [2.75, 3.05) is 30.5 Å². The lowest BCUT2D eigenvalue weighted by molar-refractivity contribution is -0.205. The molecule has 17 heteroatoms. The molecule has 3 amide bonds. The Balaban J connectivity index is 0.000000271. The molecular formula is C32H42Cl3F3N4O6S. The van der Waals surface area contributed by atoms with Crippen LogP contribution in [-0.2, 0) is 15.7 Å². The molecule has 2 aromatic rings. The van der Waals surface area contributed by atoms with Crippen LogP contribution in [0.2, 0.25) is 10.0 Å². The van der Waals surface area contributed by atoms with Crippen LogP contribution in [-0.4, -0.2) is 99.3 Å². The molecule has 2 aliphatic heterocycles. The Kier molecular flexibility index (Phi) is 15.6. The molecule has 9 atom stereocenters. The lowest BCUT2D eigenvalue weighted by Gasteiger charge is -2.44. The first-order valence-electron chi connectivity index (χ1n) is 15.5. The first-order chi connectivity index (χ1) is 23.0. The highest BCUT2D eigenvalue weighted by molar-refractivity contribution is 7.99. The molecule has 2 fully saturated rings. The summed E-state index contributed by atoms with van der Waals surface area (Å²) >= 11 is 18.8. The molecule has 6 N–H and O–H groups in total. The first-order valence-corrected chi connectivity index (χ1v) is 18.0. The zero-order valence-corrected chi connectivity index (χ0v) is 30.3. The summed E-state index contributed by atoms with van der Waals surface area (Å²) in [5.41, 5.74) is -1.29. The van der Waals surface area contributed by atoms with E-state index in [1.165, 1.54) is 17.8 Å². The predicted molar refractivity (Wildman–Crippen MR) is 187 cm³/mol. The Bertz CT molecular complexity index is 1390. The number of aliphatic hydroxyl groups is 3. The smallest absolute Gasteiger partial charge is 0.388 e. The number of urea groups is 1. The summed E-state index contributed by atoms with van der Waals surface area (Å²) in [5.74, 6) is 0.350. The SMILES string of the molecule is CCC[C@@H]1C[C@@H](C(=O)N[C@@H]([C@H]2O[C@H](SC)[C@H](O)[C@@H](O)[C@H]2O)[C@H](C)Cl)N(C)C1.O=C(Nc1ccc(Cl)cc1)Nc1ccc(Cl)c(C(F)(F)F)c1. The fourth-order valence-corrected chi connectivity index (χ4v) is 7.00. The van der Waals surface area contributed by atoms with E-state index in [1.807, 2.05) is 11.9 Å². The average molecular weight is 774 g/mol. The molecule has 49 heavy (non-hydrogen) atoms. The van der Waals surface area contributed by atoms with Crippen LogP contribution in [0.5, 0.6) is 0 Å². The van der Waals surface area contributed by atoms with E-state index in [0.29, 0.717) is 16.6 Å². The third kappa shape index (κ3) is 11.5. The molecule has 274 valence electrons. The minimum Gasteiger partial charge on any atom is -0.388 e. The van der Waals surface area contributed by atoms with Crippen LogP contribution in [0.3, 0.4) is 0 Å². The van der Waals surface area contributed by atoms with Gasteiger partial charge in [-0.05, 0) is 81.5 Å². The van der Waals surface area contributed by atoms with E-state index in [1.54, 1.807) is 37.4 Å². The summed E-state index contributed by atoms with van der Waals surface area (Å²) in [5, 5.41) is 37.9. The van der Waals surface area contributed by atoms with Crippen LogP contribution in [0.4, 0.5) is 29.3 Å². The van der Waals surface area contributed by atoms with E-state index in [2.05, 4.69) is 22.9 Å². The molecule has 2 aliphatic rings. The van der Waals surface area contributed by atoms with Crippen molar-refractivity contribution in [3.8, 4) is 0 Å². The van der Waals surface area contributed by atoms with Crippen molar-refractivity contribution < 1.29 is 42.8 Å². The van der Waals surface area contributed by atoms with Crippen molar-refractivity contribution in [3.05, 3.63) is 58.1 Å². The molecule has 0 aromatic heterocycles. The molecule has 0 saturated carbocycles. The van der Waals surface area contributed by atoms with Gasteiger partial charge in [-0.15, -0.1) is 23.4 Å². The van der Waals surface area contributed by atoms with Gasteiger partial charge in [0, 0.05) is 22.9 Å². The Morgan fingerprint density at radius 2 is 1.65 bits per heavy atom. The van der Waals surface area contributed by atoms with E-state index in [0.717, 1.165) is 37.9 Å². The maximum absolute atomic E-state index is 12.9. The minimum atomic E-state index is -4.60. The highest BCUT2D eigenvalue weighted by Gasteiger charge is 2.48. The Morgan fingerprint density at radius 3 is 2.22 bits per heavy atom. The number of hydrogen-bond acceptors (Lipinski definition) is 8. The van der Waals surface area contributed by atoms with Crippen LogP contribution in [0.1, 0.15) is 38.7 Å². The van der Waals surface area contributed by atoms with Gasteiger partial charge in [-0.25, -0.2) is 4.79 Å². The van der Waals surface area contributed by atoms with Gasteiger partial charge in [-0.2, -0.15) is 13.2 Å². The number of anilines is 2. The number of likely N-dealkylation sites (tertiary alicyclic amines) is 1. The zero-order valence-electron chi connectivity index (χ0n) is 27.3. The number of alkyl halides is 4. The van der Waals surface area contributed by atoms with Crippen LogP contribution < -0.4 is 16.0 Å². The van der Waals surface area contributed by atoms with Crippen molar-refractivity contribution >= 4 is 69.9 Å². The number of rotatable bonds is 9. The number of halogens is 6. The number of carbonyl (C=O) groups is 2. The topological polar surface area (TPSA) is 143 Å². The number of likely N-dealkylation sites (N-methyl/N-ethyl adjacent to an activating group) is 1. The fraction of sp³-hybridized carbons (Fsp3) is 0.562. The summed E-state index contributed by atoms with van der Waals surface area (Å²) in [7, 11) is 1.94. The van der Waals surface area contributed by atoms with E-state index < -0.39 is 64.1 Å². The van der Waals surface area contributed by atoms with Gasteiger partial charge < -0.3 is 36.0 Å². The van der Waals surface area contributed by atoms with Crippen LogP contribution in [0.15, 0.2) is 42.5 Å². The van der Waals surface area contributed by atoms with Crippen LogP contribution in [0.25, 0.3) is 0 Å². The molecule has 4 rings (SSSR count). The monoisotopic (exact) mass is 772 g/mol. The van der Waals surface area contributed by atoms with Crippen molar-refractivity contribution in [2.45, 2.75) is 86.6 Å². The molecule has 0 spiro atoms. The molecule has 0 unspecified atom stereocenters. The summed E-state index contributed by atoms with van der Waals surface area (Å²) < 4.78 is 44.0. The number of thioether (sulfide) groups is 1. The van der Waals surface area contributed by atoms with Crippen molar-refractivity contribution in [2.24, 2.45) is 5.92 Å². The fourth-order valence-electron chi connectivity index (χ4n) is 5.76. The second kappa shape index (κ2) is 18.5. The van der Waals surface area contributed by atoms with Crippen molar-refractivity contribution in [3.63, 3.8) is 0 Å². The summed E-state index contributed by atoms with van der Waals surface area (Å²) in [4.78, 5) is 26.7. The zero-order chi connectivity index (χ0) is 36.6. The molecule has 10 nitrogen and oxygen atoms in total. The molecule has 0 bridgehead atoms. The van der Waals surface area contributed by atoms with Crippen LogP contribution in [0, 0.1) is 5.92 Å². The van der Waals surface area contributed by atoms with Gasteiger partial charge in [-0.3, -0.25) is 9.69 Å². The third-order valence-electron chi connectivity index (χ3n) is 8.26. The molecule has 2 saturated heterocycles. The highest BCUT2D eigenvalue weighted by Crippen LogP contribution is 2.36. The van der Waals surface area contributed by atoms with Crippen LogP contribution >= 0.6 is 46.6 Å². The van der Waals surface area contributed by atoms with Crippen molar-refractivity contribution in [1.29, 1.82) is 0 Å². The maximum Gasteiger partial charge on any atom is 0.417 e. The van der Waals surface area contributed by atoms with E-state index in [4.69, 9.17) is 39.5 Å². The number of hydrogen-bond donors (Lipinski definition) is 6. The largest absolute Gasteiger partial charge is 0.417 e. The van der Waals surface area contributed by atoms with Gasteiger partial charge in [0.2, 0.25) is 5.91 Å². The van der Waals surface area contributed by atoms with Gasteiger partial charge in [0.25, 0.3) is 0 Å². The molecular weight excluding hydrogens is 732 g/mol.